The molecule has 0 aliphatic heterocycles. The average Bonchev–Trinajstić information content (AvgIpc) is 2.27. The monoisotopic (exact) mass is 299 g/mol. The number of likely N-dealkylation sites (N-methyl/N-ethyl adjacent to an activating group) is 1. The molecule has 0 spiro atoms. The lowest BCUT2D eigenvalue weighted by atomic mass is 10.0. The van der Waals surface area contributed by atoms with Crippen LogP contribution < -0.4 is 5.32 Å². The lowest BCUT2D eigenvalue weighted by molar-refractivity contribution is -0.136. The first-order valence-corrected chi connectivity index (χ1v) is 6.25. The van der Waals surface area contributed by atoms with E-state index in [4.69, 9.17) is 23.2 Å². The number of hydrogen-bond acceptors (Lipinski definition) is 1. The minimum Gasteiger partial charge on any atom is -0.317 e. The van der Waals surface area contributed by atoms with Gasteiger partial charge in [0.15, 0.2) is 0 Å². The Hall–Kier alpha value is -0.450. The fraction of sp³-hybridized carbons (Fsp3) is 0.500. The number of hydrogen-bond donors (Lipinski definition) is 1. The van der Waals surface area contributed by atoms with Crippen molar-refractivity contribution in [1.29, 1.82) is 0 Å². The van der Waals surface area contributed by atoms with Crippen LogP contribution in [0, 0.1) is 0 Å². The number of benzene rings is 1. The van der Waals surface area contributed by atoms with Crippen molar-refractivity contribution in [3.05, 3.63) is 33.8 Å². The molecule has 1 rings (SSSR count). The van der Waals surface area contributed by atoms with Crippen molar-refractivity contribution in [2.45, 2.75) is 31.5 Å². The zero-order valence-corrected chi connectivity index (χ0v) is 11.3. The number of alkyl halides is 3. The van der Waals surface area contributed by atoms with E-state index in [1.54, 1.807) is 25.2 Å². The highest BCUT2D eigenvalue weighted by Gasteiger charge is 2.28. The summed E-state index contributed by atoms with van der Waals surface area (Å²) in [5.74, 6) is 0. The molecular formula is C12H14Cl2F3N. The summed E-state index contributed by atoms with van der Waals surface area (Å²) in [5, 5.41) is 3.92. The molecule has 0 bridgehead atoms. The first-order chi connectivity index (χ1) is 8.31. The van der Waals surface area contributed by atoms with Crippen molar-refractivity contribution in [3.8, 4) is 0 Å². The normalized spacial score (nSPS) is 13.7. The van der Waals surface area contributed by atoms with Gasteiger partial charge in [0.05, 0.1) is 0 Å². The van der Waals surface area contributed by atoms with Crippen LogP contribution in [0.1, 0.15) is 18.4 Å². The van der Waals surface area contributed by atoms with Crippen LogP contribution in [0.4, 0.5) is 13.2 Å². The van der Waals surface area contributed by atoms with Crippen LogP contribution in [0.5, 0.6) is 0 Å². The molecule has 1 atom stereocenters. The Morgan fingerprint density at radius 2 is 1.94 bits per heavy atom. The Morgan fingerprint density at radius 3 is 2.50 bits per heavy atom. The maximum Gasteiger partial charge on any atom is 0.389 e. The molecule has 0 radical (unpaired) electrons. The van der Waals surface area contributed by atoms with Gasteiger partial charge in [0.1, 0.15) is 0 Å². The number of rotatable bonds is 5. The Balaban J connectivity index is 2.65. The molecule has 1 nitrogen and oxygen atoms in total. The van der Waals surface area contributed by atoms with Crippen LogP contribution in [-0.4, -0.2) is 19.3 Å². The highest BCUT2D eigenvalue weighted by Crippen LogP contribution is 2.26. The molecule has 0 fully saturated rings. The second-order valence-electron chi connectivity index (χ2n) is 4.08. The maximum atomic E-state index is 12.2. The topological polar surface area (TPSA) is 12.0 Å². The van der Waals surface area contributed by atoms with Crippen molar-refractivity contribution in [2.24, 2.45) is 0 Å². The molecule has 0 heterocycles. The lowest BCUT2D eigenvalue weighted by Crippen LogP contribution is -2.29. The summed E-state index contributed by atoms with van der Waals surface area (Å²) in [5.41, 5.74) is 0.755. The molecule has 102 valence electrons. The van der Waals surface area contributed by atoms with Gasteiger partial charge >= 0.3 is 6.18 Å². The van der Waals surface area contributed by atoms with Crippen LogP contribution in [0.25, 0.3) is 0 Å². The molecule has 6 heteroatoms. The molecule has 0 aliphatic carbocycles. The zero-order valence-electron chi connectivity index (χ0n) is 9.82. The predicted molar refractivity (Wildman–Crippen MR) is 68.3 cm³/mol. The average molecular weight is 300 g/mol. The van der Waals surface area contributed by atoms with E-state index < -0.39 is 12.6 Å². The summed E-state index contributed by atoms with van der Waals surface area (Å²) in [7, 11) is 1.64. The maximum absolute atomic E-state index is 12.2. The minimum absolute atomic E-state index is 0.0167. The molecule has 1 aromatic carbocycles. The predicted octanol–water partition coefficient (Wildman–Crippen LogP) is 4.47. The largest absolute Gasteiger partial charge is 0.389 e. The minimum atomic E-state index is -4.13. The van der Waals surface area contributed by atoms with Crippen LogP contribution in [-0.2, 0) is 6.42 Å². The lowest BCUT2D eigenvalue weighted by Gasteiger charge is -2.18. The van der Waals surface area contributed by atoms with Crippen LogP contribution >= 0.6 is 23.2 Å². The number of nitrogens with one attached hydrogen (secondary N) is 1. The van der Waals surface area contributed by atoms with Crippen LogP contribution in [0.2, 0.25) is 10.0 Å². The third-order valence-electron chi connectivity index (χ3n) is 2.66. The van der Waals surface area contributed by atoms with E-state index >= 15 is 0 Å². The molecule has 0 aliphatic rings. The van der Waals surface area contributed by atoms with Gasteiger partial charge in [-0.3, -0.25) is 0 Å². The first kappa shape index (κ1) is 15.6. The summed E-state index contributed by atoms with van der Waals surface area (Å²) in [6.07, 6.45) is -4.50. The van der Waals surface area contributed by atoms with Crippen LogP contribution in [0.3, 0.4) is 0 Å². The van der Waals surface area contributed by atoms with E-state index in [0.717, 1.165) is 5.56 Å². The van der Waals surface area contributed by atoms with Gasteiger partial charge in [-0.1, -0.05) is 23.2 Å². The highest BCUT2D eigenvalue weighted by atomic mass is 35.5. The van der Waals surface area contributed by atoms with Gasteiger partial charge in [-0.15, -0.1) is 0 Å². The fourth-order valence-corrected chi connectivity index (χ4v) is 2.04. The Kier molecular flexibility index (Phi) is 5.76. The highest BCUT2D eigenvalue weighted by molar-refractivity contribution is 6.33. The third kappa shape index (κ3) is 5.46. The third-order valence-corrected chi connectivity index (χ3v) is 3.26. The van der Waals surface area contributed by atoms with Gasteiger partial charge in [0.2, 0.25) is 0 Å². The van der Waals surface area contributed by atoms with Crippen molar-refractivity contribution in [2.75, 3.05) is 7.05 Å². The van der Waals surface area contributed by atoms with E-state index in [1.165, 1.54) is 0 Å². The van der Waals surface area contributed by atoms with Gasteiger partial charge in [0, 0.05) is 22.5 Å². The molecule has 0 saturated heterocycles. The molecule has 0 aromatic heterocycles. The fourth-order valence-electron chi connectivity index (χ4n) is 1.65. The van der Waals surface area contributed by atoms with Crippen molar-refractivity contribution < 1.29 is 13.2 Å². The van der Waals surface area contributed by atoms with Gasteiger partial charge in [-0.05, 0) is 43.7 Å². The van der Waals surface area contributed by atoms with Gasteiger partial charge in [-0.25, -0.2) is 0 Å². The second kappa shape index (κ2) is 6.64. The van der Waals surface area contributed by atoms with Crippen molar-refractivity contribution >= 4 is 23.2 Å². The van der Waals surface area contributed by atoms with Gasteiger partial charge in [-0.2, -0.15) is 13.2 Å². The van der Waals surface area contributed by atoms with E-state index in [2.05, 4.69) is 5.32 Å². The van der Waals surface area contributed by atoms with E-state index in [-0.39, 0.29) is 12.5 Å². The van der Waals surface area contributed by atoms with Crippen molar-refractivity contribution in [1.82, 2.24) is 5.32 Å². The van der Waals surface area contributed by atoms with Crippen LogP contribution in [0.15, 0.2) is 18.2 Å². The Labute approximate surface area is 114 Å². The summed E-state index contributed by atoms with van der Waals surface area (Å²) in [4.78, 5) is 0. The molecular weight excluding hydrogens is 286 g/mol. The Morgan fingerprint density at radius 1 is 1.28 bits per heavy atom. The molecule has 1 aromatic rings. The molecule has 0 amide bonds. The van der Waals surface area contributed by atoms with E-state index in [1.807, 2.05) is 0 Å². The molecule has 1 N–H and O–H groups in total. The summed E-state index contributed by atoms with van der Waals surface area (Å²) < 4.78 is 36.5. The molecule has 1 unspecified atom stereocenters. The first-order valence-electron chi connectivity index (χ1n) is 5.50. The zero-order chi connectivity index (χ0) is 13.8. The van der Waals surface area contributed by atoms with E-state index in [0.29, 0.717) is 16.5 Å². The summed E-state index contributed by atoms with van der Waals surface area (Å²) in [6.45, 7) is 0. The number of halogens is 5. The smallest absolute Gasteiger partial charge is 0.317 e. The van der Waals surface area contributed by atoms with Crippen molar-refractivity contribution in [3.63, 3.8) is 0 Å². The van der Waals surface area contributed by atoms with E-state index in [9.17, 15) is 13.2 Å². The Bertz CT molecular complexity index is 393. The second-order valence-corrected chi connectivity index (χ2v) is 4.92. The van der Waals surface area contributed by atoms with Gasteiger partial charge < -0.3 is 5.32 Å². The van der Waals surface area contributed by atoms with Gasteiger partial charge in [0.25, 0.3) is 0 Å². The summed E-state index contributed by atoms with van der Waals surface area (Å²) in [6, 6.07) is 4.71. The molecule has 0 saturated carbocycles. The standard InChI is InChI=1S/C12H14Cl2F3N/c1-18-10(4-5-12(15,16)17)7-8-6-9(13)2-3-11(8)14/h2-3,6,10,18H,4-5,7H2,1H3. The molecule has 18 heavy (non-hydrogen) atoms. The quantitative estimate of drug-likeness (QED) is 0.846. The summed E-state index contributed by atoms with van der Waals surface area (Å²) >= 11 is 11.8. The SMILES string of the molecule is CNC(CCC(F)(F)F)Cc1cc(Cl)ccc1Cl.